The largest absolute Gasteiger partial charge is 0.492 e. The van der Waals surface area contributed by atoms with E-state index in [-0.39, 0.29) is 0 Å². The lowest BCUT2D eigenvalue weighted by molar-refractivity contribution is -0.118. The molecule has 1 rings (SSSR count). The zero-order valence-corrected chi connectivity index (χ0v) is 14.4. The lowest BCUT2D eigenvalue weighted by Crippen LogP contribution is -2.38. The van der Waals surface area contributed by atoms with Gasteiger partial charge in [0.05, 0.1) is 18.2 Å². The van der Waals surface area contributed by atoms with E-state index in [2.05, 4.69) is 12.2 Å². The Labute approximate surface area is 143 Å². The number of unbranched alkanes of at least 4 members (excludes halogenated alkanes) is 5. The highest BCUT2D eigenvalue weighted by molar-refractivity contribution is 6.32. The number of carbonyl (C=O) groups is 1. The predicted octanol–water partition coefficient (Wildman–Crippen LogP) is 3.34. The van der Waals surface area contributed by atoms with E-state index in [1.807, 2.05) is 0 Å². The number of rotatable bonds is 11. The van der Waals surface area contributed by atoms with E-state index >= 15 is 0 Å². The molecule has 1 aromatic rings. The molecule has 0 aromatic heterocycles. The molecule has 130 valence electrons. The fraction of sp³-hybridized carbons (Fsp3) is 0.588. The maximum absolute atomic E-state index is 11.6. The van der Waals surface area contributed by atoms with Gasteiger partial charge in [0.1, 0.15) is 11.8 Å². The fourth-order valence-electron chi connectivity index (χ4n) is 2.08. The molecule has 6 heteroatoms. The second kappa shape index (κ2) is 11.3. The van der Waals surface area contributed by atoms with Gasteiger partial charge in [-0.05, 0) is 24.6 Å². The van der Waals surface area contributed by atoms with Crippen LogP contribution in [0.5, 0.6) is 5.75 Å². The summed E-state index contributed by atoms with van der Waals surface area (Å²) in [7, 11) is 0. The van der Waals surface area contributed by atoms with Gasteiger partial charge in [0, 0.05) is 5.69 Å². The standard InChI is InChI=1S/C17H27ClN2O3/c1-2-3-4-5-6-7-10-23-16-9-8-13(11-14(16)18)20-17(22)15(19)12-21/h8-9,11,15,21H,2-7,10,12,19H2,1H3,(H,20,22). The summed E-state index contributed by atoms with van der Waals surface area (Å²) in [5, 5.41) is 11.9. The minimum absolute atomic E-state index is 0.404. The highest BCUT2D eigenvalue weighted by Crippen LogP contribution is 2.28. The minimum Gasteiger partial charge on any atom is -0.492 e. The van der Waals surface area contributed by atoms with Crippen LogP contribution in [-0.4, -0.2) is 30.3 Å². The summed E-state index contributed by atoms with van der Waals surface area (Å²) in [6, 6.07) is 4.08. The highest BCUT2D eigenvalue weighted by Gasteiger charge is 2.12. The van der Waals surface area contributed by atoms with Crippen molar-refractivity contribution in [2.45, 2.75) is 51.5 Å². The molecule has 1 atom stereocenters. The van der Waals surface area contributed by atoms with E-state index in [0.717, 1.165) is 12.8 Å². The van der Waals surface area contributed by atoms with E-state index < -0.39 is 18.6 Å². The van der Waals surface area contributed by atoms with Gasteiger partial charge in [-0.3, -0.25) is 4.79 Å². The van der Waals surface area contributed by atoms with E-state index in [1.165, 1.54) is 25.7 Å². The van der Waals surface area contributed by atoms with Crippen molar-refractivity contribution in [1.29, 1.82) is 0 Å². The number of hydrogen-bond donors (Lipinski definition) is 3. The molecule has 0 fully saturated rings. The van der Waals surface area contributed by atoms with Gasteiger partial charge < -0.3 is 20.9 Å². The Bertz CT molecular complexity index is 483. The average Bonchev–Trinajstić information content (AvgIpc) is 2.54. The number of ether oxygens (including phenoxy) is 1. The molecular formula is C17H27ClN2O3. The van der Waals surface area contributed by atoms with Gasteiger partial charge in [-0.15, -0.1) is 0 Å². The van der Waals surface area contributed by atoms with Gasteiger partial charge in [-0.2, -0.15) is 0 Å². The fourth-order valence-corrected chi connectivity index (χ4v) is 2.31. The minimum atomic E-state index is -0.947. The Morgan fingerprint density at radius 1 is 1.30 bits per heavy atom. The summed E-state index contributed by atoms with van der Waals surface area (Å²) in [5.41, 5.74) is 5.96. The van der Waals surface area contributed by atoms with Crippen LogP contribution in [0.4, 0.5) is 5.69 Å². The van der Waals surface area contributed by atoms with Crippen LogP contribution in [0.3, 0.4) is 0 Å². The normalized spacial score (nSPS) is 12.0. The van der Waals surface area contributed by atoms with Gasteiger partial charge in [-0.25, -0.2) is 0 Å². The van der Waals surface area contributed by atoms with Gasteiger partial charge in [0.15, 0.2) is 0 Å². The zero-order chi connectivity index (χ0) is 17.1. The van der Waals surface area contributed by atoms with Gasteiger partial charge in [-0.1, -0.05) is 50.6 Å². The summed E-state index contributed by atoms with van der Waals surface area (Å²) < 4.78 is 5.66. The maximum Gasteiger partial charge on any atom is 0.243 e. The molecule has 0 aliphatic rings. The third-order valence-electron chi connectivity index (χ3n) is 3.49. The second-order valence-corrected chi connectivity index (χ2v) is 5.95. The topological polar surface area (TPSA) is 84.6 Å². The van der Waals surface area contributed by atoms with Crippen LogP contribution in [-0.2, 0) is 4.79 Å². The van der Waals surface area contributed by atoms with E-state index in [0.29, 0.717) is 23.1 Å². The molecule has 5 nitrogen and oxygen atoms in total. The number of halogens is 1. The number of aliphatic hydroxyl groups is 1. The molecular weight excluding hydrogens is 316 g/mol. The Kier molecular flexibility index (Phi) is 9.67. The second-order valence-electron chi connectivity index (χ2n) is 5.54. The number of anilines is 1. The Hall–Kier alpha value is -1.30. The summed E-state index contributed by atoms with van der Waals surface area (Å²) >= 11 is 6.15. The molecule has 0 saturated heterocycles. The smallest absolute Gasteiger partial charge is 0.243 e. The van der Waals surface area contributed by atoms with Crippen molar-refractivity contribution in [3.63, 3.8) is 0 Å². The van der Waals surface area contributed by atoms with Crippen LogP contribution in [0.1, 0.15) is 45.4 Å². The number of aliphatic hydroxyl groups excluding tert-OH is 1. The first-order chi connectivity index (χ1) is 11.1. The number of benzene rings is 1. The van der Waals surface area contributed by atoms with E-state index in [4.69, 9.17) is 27.2 Å². The summed E-state index contributed by atoms with van der Waals surface area (Å²) in [4.78, 5) is 11.6. The molecule has 1 unspecified atom stereocenters. The van der Waals surface area contributed by atoms with Crippen LogP contribution in [0.2, 0.25) is 5.02 Å². The monoisotopic (exact) mass is 342 g/mol. The maximum atomic E-state index is 11.6. The number of hydrogen-bond acceptors (Lipinski definition) is 4. The molecule has 0 heterocycles. The summed E-state index contributed by atoms with van der Waals surface area (Å²) in [6.07, 6.45) is 7.22. The van der Waals surface area contributed by atoms with Crippen molar-refractivity contribution < 1.29 is 14.6 Å². The Balaban J connectivity index is 2.37. The molecule has 0 aliphatic carbocycles. The number of nitrogens with one attached hydrogen (secondary N) is 1. The van der Waals surface area contributed by atoms with Crippen molar-refractivity contribution in [2.75, 3.05) is 18.5 Å². The third-order valence-corrected chi connectivity index (χ3v) is 3.78. The zero-order valence-electron chi connectivity index (χ0n) is 13.7. The Morgan fingerprint density at radius 2 is 2.00 bits per heavy atom. The third kappa shape index (κ3) is 7.68. The molecule has 4 N–H and O–H groups in total. The van der Waals surface area contributed by atoms with Gasteiger partial charge in [0.2, 0.25) is 5.91 Å². The molecule has 0 spiro atoms. The lowest BCUT2D eigenvalue weighted by Gasteiger charge is -2.12. The quantitative estimate of drug-likeness (QED) is 0.538. The van der Waals surface area contributed by atoms with Crippen LogP contribution in [0, 0.1) is 0 Å². The lowest BCUT2D eigenvalue weighted by atomic mass is 10.1. The number of amides is 1. The van der Waals surface area contributed by atoms with E-state index in [1.54, 1.807) is 18.2 Å². The molecule has 1 aromatic carbocycles. The number of carbonyl (C=O) groups excluding carboxylic acids is 1. The van der Waals surface area contributed by atoms with E-state index in [9.17, 15) is 4.79 Å². The van der Waals surface area contributed by atoms with Crippen LogP contribution in [0.15, 0.2) is 18.2 Å². The molecule has 0 radical (unpaired) electrons. The Morgan fingerprint density at radius 3 is 2.65 bits per heavy atom. The summed E-state index contributed by atoms with van der Waals surface area (Å²) in [5.74, 6) is 0.147. The van der Waals surface area contributed by atoms with Crippen molar-refractivity contribution in [2.24, 2.45) is 5.73 Å². The average molecular weight is 343 g/mol. The SMILES string of the molecule is CCCCCCCCOc1ccc(NC(=O)C(N)CO)cc1Cl. The molecule has 23 heavy (non-hydrogen) atoms. The predicted molar refractivity (Wildman–Crippen MR) is 94.0 cm³/mol. The van der Waals surface area contributed by atoms with Crippen molar-refractivity contribution in [1.82, 2.24) is 0 Å². The van der Waals surface area contributed by atoms with Crippen LogP contribution in [0.25, 0.3) is 0 Å². The molecule has 0 saturated carbocycles. The first kappa shape index (κ1) is 19.7. The molecule has 1 amide bonds. The number of nitrogens with two attached hydrogens (primary N) is 1. The first-order valence-electron chi connectivity index (χ1n) is 8.18. The molecule has 0 bridgehead atoms. The van der Waals surface area contributed by atoms with Crippen molar-refractivity contribution in [3.8, 4) is 5.75 Å². The molecule has 0 aliphatic heterocycles. The van der Waals surface area contributed by atoms with Crippen molar-refractivity contribution >= 4 is 23.2 Å². The van der Waals surface area contributed by atoms with Gasteiger partial charge in [0.25, 0.3) is 0 Å². The van der Waals surface area contributed by atoms with Crippen molar-refractivity contribution in [3.05, 3.63) is 23.2 Å². The van der Waals surface area contributed by atoms with Crippen LogP contribution < -0.4 is 15.8 Å². The highest BCUT2D eigenvalue weighted by atomic mass is 35.5. The first-order valence-corrected chi connectivity index (χ1v) is 8.56. The summed E-state index contributed by atoms with van der Waals surface area (Å²) in [6.45, 7) is 2.43. The van der Waals surface area contributed by atoms with Gasteiger partial charge >= 0.3 is 0 Å². The van der Waals surface area contributed by atoms with Crippen LogP contribution >= 0.6 is 11.6 Å².